The number of H-pyrrole nitrogens is 1. The van der Waals surface area contributed by atoms with Gasteiger partial charge in [-0.1, -0.05) is 0 Å². The number of carbonyl (C=O) groups excluding carboxylic acids is 1. The molecule has 2 saturated carbocycles. The fourth-order valence-corrected chi connectivity index (χ4v) is 6.75. The zero-order valence-corrected chi connectivity index (χ0v) is 19.7. The van der Waals surface area contributed by atoms with E-state index >= 15 is 0 Å². The van der Waals surface area contributed by atoms with Crippen LogP contribution in [-0.4, -0.2) is 85.0 Å². The molecule has 2 spiro atoms. The second-order valence-corrected chi connectivity index (χ2v) is 11.7. The fourth-order valence-electron chi connectivity index (χ4n) is 6.75. The van der Waals surface area contributed by atoms with E-state index in [1.807, 2.05) is 14.7 Å². The zero-order chi connectivity index (χ0) is 24.2. The van der Waals surface area contributed by atoms with Gasteiger partial charge < -0.3 is 9.80 Å². The highest BCUT2D eigenvalue weighted by atomic mass is 19.4. The van der Waals surface area contributed by atoms with Crippen LogP contribution >= 0.6 is 0 Å². The molecule has 35 heavy (non-hydrogen) atoms. The third-order valence-corrected chi connectivity index (χ3v) is 8.71. The third-order valence-electron chi connectivity index (χ3n) is 8.71. The molecule has 5 fully saturated rings. The number of halogens is 3. The molecule has 2 aromatic heterocycles. The monoisotopic (exact) mass is 490 g/mol. The Morgan fingerprint density at radius 2 is 1.71 bits per heavy atom. The SMILES string of the molecule is Cn1ncc(C(F)(F)F)c1CN1CC2(C1)CN(C(=O)N1CC3(CC(c4n[nH]c(C5CC5)n4)C3)C1)C2. The summed E-state index contributed by atoms with van der Waals surface area (Å²) in [5.74, 6) is 2.96. The van der Waals surface area contributed by atoms with Gasteiger partial charge in [0.05, 0.1) is 17.5 Å². The number of nitrogens with zero attached hydrogens (tertiary/aromatic N) is 7. The van der Waals surface area contributed by atoms with Crippen molar-refractivity contribution in [1.82, 2.24) is 39.7 Å². The Morgan fingerprint density at radius 3 is 2.34 bits per heavy atom. The number of carbonyl (C=O) groups is 1. The Hall–Kier alpha value is -2.63. The van der Waals surface area contributed by atoms with Crippen LogP contribution in [0.3, 0.4) is 0 Å². The first-order chi connectivity index (χ1) is 16.6. The molecule has 9 nitrogen and oxygen atoms in total. The second kappa shape index (κ2) is 6.98. The number of rotatable bonds is 4. The normalized spacial score (nSPS) is 25.4. The second-order valence-electron chi connectivity index (χ2n) is 11.7. The molecule has 0 radical (unpaired) electrons. The first-order valence-electron chi connectivity index (χ1n) is 12.4. The van der Waals surface area contributed by atoms with E-state index in [1.165, 1.54) is 17.5 Å². The summed E-state index contributed by atoms with van der Waals surface area (Å²) in [5.41, 5.74) is -0.210. The average Bonchev–Trinajstić information content (AvgIpc) is 3.29. The van der Waals surface area contributed by atoms with Crippen molar-refractivity contribution in [2.75, 3.05) is 39.3 Å². The number of hydrogen-bond acceptors (Lipinski definition) is 5. The number of nitrogens with one attached hydrogen (secondary N) is 1. The quantitative estimate of drug-likeness (QED) is 0.712. The number of alkyl halides is 3. The molecule has 2 aromatic rings. The number of likely N-dealkylation sites (tertiary alicyclic amines) is 3. The maximum atomic E-state index is 13.2. The van der Waals surface area contributed by atoms with Crippen molar-refractivity contribution in [2.45, 2.75) is 50.2 Å². The lowest BCUT2D eigenvalue weighted by Gasteiger charge is -2.63. The van der Waals surface area contributed by atoms with Gasteiger partial charge in [0.2, 0.25) is 0 Å². The van der Waals surface area contributed by atoms with E-state index in [4.69, 9.17) is 0 Å². The Morgan fingerprint density at radius 1 is 1.06 bits per heavy atom. The van der Waals surface area contributed by atoms with E-state index in [-0.39, 0.29) is 29.1 Å². The minimum Gasteiger partial charge on any atom is -0.323 e. The van der Waals surface area contributed by atoms with Crippen LogP contribution in [0.4, 0.5) is 18.0 Å². The van der Waals surface area contributed by atoms with Gasteiger partial charge >= 0.3 is 12.2 Å². The maximum absolute atomic E-state index is 13.2. The molecule has 188 valence electrons. The molecule has 5 heterocycles. The Kier molecular flexibility index (Phi) is 4.32. The van der Waals surface area contributed by atoms with Crippen LogP contribution in [0, 0.1) is 10.8 Å². The summed E-state index contributed by atoms with van der Waals surface area (Å²) in [6, 6.07) is 0.100. The molecule has 2 aliphatic carbocycles. The van der Waals surface area contributed by atoms with Gasteiger partial charge in [0.1, 0.15) is 5.82 Å². The van der Waals surface area contributed by atoms with Gasteiger partial charge in [-0.3, -0.25) is 14.7 Å². The van der Waals surface area contributed by atoms with Crippen molar-refractivity contribution in [1.29, 1.82) is 0 Å². The van der Waals surface area contributed by atoms with E-state index in [9.17, 15) is 18.0 Å². The van der Waals surface area contributed by atoms with Crippen LogP contribution in [0.1, 0.15) is 60.4 Å². The van der Waals surface area contributed by atoms with Crippen LogP contribution in [0.25, 0.3) is 0 Å². The van der Waals surface area contributed by atoms with Crippen molar-refractivity contribution in [3.05, 3.63) is 29.1 Å². The van der Waals surface area contributed by atoms with Gasteiger partial charge in [0, 0.05) is 75.5 Å². The molecule has 0 bridgehead atoms. The highest BCUT2D eigenvalue weighted by Gasteiger charge is 2.58. The lowest BCUT2D eigenvalue weighted by atomic mass is 9.57. The number of aromatic amines is 1. The number of amides is 2. The highest BCUT2D eigenvalue weighted by molar-refractivity contribution is 5.77. The molecule has 0 atom stereocenters. The van der Waals surface area contributed by atoms with Crippen LogP contribution < -0.4 is 0 Å². The molecule has 1 N–H and O–H groups in total. The summed E-state index contributed by atoms with van der Waals surface area (Å²) in [7, 11) is 1.55. The lowest BCUT2D eigenvalue weighted by molar-refractivity contribution is -0.140. The highest BCUT2D eigenvalue weighted by Crippen LogP contribution is 2.56. The fraction of sp³-hybridized carbons (Fsp3) is 0.739. The van der Waals surface area contributed by atoms with Crippen molar-refractivity contribution in [3.63, 3.8) is 0 Å². The van der Waals surface area contributed by atoms with Crippen LogP contribution in [0.2, 0.25) is 0 Å². The van der Waals surface area contributed by atoms with Crippen LogP contribution in [-0.2, 0) is 19.8 Å². The molecule has 3 saturated heterocycles. The van der Waals surface area contributed by atoms with E-state index < -0.39 is 11.7 Å². The van der Waals surface area contributed by atoms with Gasteiger partial charge in [-0.25, -0.2) is 9.78 Å². The van der Waals surface area contributed by atoms with E-state index in [0.717, 1.165) is 43.8 Å². The topological polar surface area (TPSA) is 86.2 Å². The van der Waals surface area contributed by atoms with E-state index in [1.54, 1.807) is 7.05 Å². The summed E-state index contributed by atoms with van der Waals surface area (Å²) in [5, 5.41) is 11.3. The van der Waals surface area contributed by atoms with Crippen molar-refractivity contribution in [3.8, 4) is 0 Å². The van der Waals surface area contributed by atoms with Crippen molar-refractivity contribution in [2.24, 2.45) is 17.9 Å². The van der Waals surface area contributed by atoms with Crippen molar-refractivity contribution < 1.29 is 18.0 Å². The molecule has 2 amide bonds. The predicted molar refractivity (Wildman–Crippen MR) is 117 cm³/mol. The van der Waals surface area contributed by atoms with Gasteiger partial charge in [0.15, 0.2) is 5.82 Å². The molecular formula is C23H29F3N8O. The number of hydrogen-bond donors (Lipinski definition) is 1. The number of aryl methyl sites for hydroxylation is 1. The molecule has 0 aromatic carbocycles. The summed E-state index contributed by atoms with van der Waals surface area (Å²) in [6.07, 6.45) is 1.01. The van der Waals surface area contributed by atoms with Crippen LogP contribution in [0.15, 0.2) is 6.20 Å². The minimum absolute atomic E-state index is 0.0294. The van der Waals surface area contributed by atoms with Crippen LogP contribution in [0.5, 0.6) is 0 Å². The van der Waals surface area contributed by atoms with Gasteiger partial charge in [-0.2, -0.15) is 23.4 Å². The molecule has 5 aliphatic rings. The van der Waals surface area contributed by atoms with E-state index in [2.05, 4.69) is 20.3 Å². The first kappa shape index (κ1) is 21.6. The van der Waals surface area contributed by atoms with Gasteiger partial charge in [-0.05, 0) is 25.7 Å². The summed E-state index contributed by atoms with van der Waals surface area (Å²) in [6.45, 7) is 4.63. The number of urea groups is 1. The summed E-state index contributed by atoms with van der Waals surface area (Å²) >= 11 is 0. The Bertz CT molecular complexity index is 1160. The first-order valence-corrected chi connectivity index (χ1v) is 12.4. The lowest BCUT2D eigenvalue weighted by Crippen LogP contribution is -2.75. The molecule has 7 rings (SSSR count). The molecule has 12 heteroatoms. The zero-order valence-electron chi connectivity index (χ0n) is 19.7. The Balaban J connectivity index is 0.865. The summed E-state index contributed by atoms with van der Waals surface area (Å²) in [4.78, 5) is 23.4. The largest absolute Gasteiger partial charge is 0.419 e. The smallest absolute Gasteiger partial charge is 0.323 e. The Labute approximate surface area is 200 Å². The third kappa shape index (κ3) is 3.47. The van der Waals surface area contributed by atoms with Gasteiger partial charge in [0.25, 0.3) is 0 Å². The maximum Gasteiger partial charge on any atom is 0.419 e. The molecule has 0 unspecified atom stereocenters. The standard InChI is InChI=1S/C23H29F3N8O/c1-31-17(16(6-27-31)23(24,25)26)7-32-8-22(9-32)12-34(13-22)20(35)33-10-21(11-33)4-15(5-21)19-28-18(29-30-19)14-2-3-14/h6,14-15H,2-5,7-13H2,1H3,(H,28,29,30). The molecule has 3 aliphatic heterocycles. The van der Waals surface area contributed by atoms with E-state index in [0.29, 0.717) is 38.0 Å². The predicted octanol–water partition coefficient (Wildman–Crippen LogP) is 2.55. The summed E-state index contributed by atoms with van der Waals surface area (Å²) < 4.78 is 41.0. The number of aromatic nitrogens is 5. The molecular weight excluding hydrogens is 461 g/mol. The minimum atomic E-state index is -4.39. The average molecular weight is 491 g/mol. The van der Waals surface area contributed by atoms with Gasteiger partial charge in [-0.15, -0.1) is 0 Å². The van der Waals surface area contributed by atoms with Crippen molar-refractivity contribution >= 4 is 6.03 Å².